The Labute approximate surface area is 179 Å². The molecule has 0 aliphatic carbocycles. The van der Waals surface area contributed by atoms with Gasteiger partial charge in [-0.05, 0) is 36.2 Å². The molecule has 5 nitrogen and oxygen atoms in total. The number of halogens is 3. The highest BCUT2D eigenvalue weighted by molar-refractivity contribution is 5.41. The van der Waals surface area contributed by atoms with Gasteiger partial charge in [-0.2, -0.15) is 0 Å². The minimum absolute atomic E-state index is 0.148. The van der Waals surface area contributed by atoms with Crippen LogP contribution in [0.4, 0.5) is 19.0 Å². The van der Waals surface area contributed by atoms with Crippen LogP contribution in [-0.2, 0) is 7.05 Å². The topological polar surface area (TPSA) is 41.3 Å². The van der Waals surface area contributed by atoms with Gasteiger partial charge in [0.1, 0.15) is 18.6 Å². The van der Waals surface area contributed by atoms with Gasteiger partial charge in [0.15, 0.2) is 24.0 Å². The van der Waals surface area contributed by atoms with Gasteiger partial charge >= 0.3 is 0 Å². The van der Waals surface area contributed by atoms with Crippen molar-refractivity contribution in [3.8, 4) is 11.5 Å². The van der Waals surface area contributed by atoms with Crippen LogP contribution in [0.1, 0.15) is 23.5 Å². The fourth-order valence-electron chi connectivity index (χ4n) is 3.63. The van der Waals surface area contributed by atoms with Crippen molar-refractivity contribution in [3.05, 3.63) is 78.0 Å². The highest BCUT2D eigenvalue weighted by Gasteiger charge is 2.45. The lowest BCUT2D eigenvalue weighted by atomic mass is 9.88. The summed E-state index contributed by atoms with van der Waals surface area (Å²) >= 11 is 0. The largest absolute Gasteiger partial charge is 0.452 e. The number of aromatic nitrogens is 2. The minimum Gasteiger partial charge on any atom is -0.452 e. The smallest absolute Gasteiger partial charge is 0.257 e. The summed E-state index contributed by atoms with van der Waals surface area (Å²) in [6.45, 7) is 2.10. The SMILES string of the molecule is Cc1cccc(F)c1Oc1ccc(NN2CCC(F)(F)C(c3cc[n+](C)cc3)C2)nc1. The first kappa shape index (κ1) is 21.1. The van der Waals surface area contributed by atoms with Gasteiger partial charge in [0.05, 0.1) is 12.1 Å². The molecule has 2 aromatic heterocycles. The van der Waals surface area contributed by atoms with E-state index in [0.29, 0.717) is 22.7 Å². The first-order valence-corrected chi connectivity index (χ1v) is 10.1. The molecule has 1 N–H and O–H groups in total. The van der Waals surface area contributed by atoms with Crippen molar-refractivity contribution in [2.75, 3.05) is 18.5 Å². The summed E-state index contributed by atoms with van der Waals surface area (Å²) in [4.78, 5) is 4.28. The van der Waals surface area contributed by atoms with Crippen molar-refractivity contribution in [2.24, 2.45) is 7.05 Å². The van der Waals surface area contributed by atoms with Crippen LogP contribution in [0.25, 0.3) is 0 Å². The number of hydrazine groups is 1. The van der Waals surface area contributed by atoms with Crippen LogP contribution >= 0.6 is 0 Å². The van der Waals surface area contributed by atoms with E-state index in [-0.39, 0.29) is 25.3 Å². The van der Waals surface area contributed by atoms with Crippen LogP contribution in [0.5, 0.6) is 11.5 Å². The van der Waals surface area contributed by atoms with E-state index >= 15 is 0 Å². The van der Waals surface area contributed by atoms with Crippen molar-refractivity contribution < 1.29 is 22.5 Å². The summed E-state index contributed by atoms with van der Waals surface area (Å²) in [5.41, 5.74) is 4.38. The number of para-hydroxylation sites is 1. The van der Waals surface area contributed by atoms with E-state index in [2.05, 4.69) is 10.4 Å². The Morgan fingerprint density at radius 3 is 2.61 bits per heavy atom. The second-order valence-corrected chi connectivity index (χ2v) is 7.79. The third-order valence-electron chi connectivity index (χ3n) is 5.43. The molecule has 8 heteroatoms. The van der Waals surface area contributed by atoms with Gasteiger partial charge in [0, 0.05) is 31.6 Å². The van der Waals surface area contributed by atoms with Crippen LogP contribution < -0.4 is 14.7 Å². The zero-order valence-electron chi connectivity index (χ0n) is 17.4. The second kappa shape index (κ2) is 8.55. The monoisotopic (exact) mass is 429 g/mol. The van der Waals surface area contributed by atoms with E-state index in [0.717, 1.165) is 0 Å². The number of rotatable bonds is 5. The Balaban J connectivity index is 1.43. The van der Waals surface area contributed by atoms with E-state index in [1.165, 1.54) is 12.3 Å². The standard InChI is InChI=1S/C23H24F3N4O/c1-16-4-3-5-20(24)22(16)31-18-6-7-21(27-14-18)28-30-13-10-23(25,26)19(15-30)17-8-11-29(2)12-9-17/h3-9,11-12,14,19H,10,13,15H2,1-2H3,(H,27,28)/q+1. The Hall–Kier alpha value is -3.13. The highest BCUT2D eigenvalue weighted by atomic mass is 19.3. The van der Waals surface area contributed by atoms with E-state index in [1.807, 2.05) is 11.6 Å². The van der Waals surface area contributed by atoms with Crippen molar-refractivity contribution in [1.29, 1.82) is 0 Å². The van der Waals surface area contributed by atoms with Gasteiger partial charge in [-0.15, -0.1) is 0 Å². The van der Waals surface area contributed by atoms with E-state index in [1.54, 1.807) is 60.7 Å². The fraction of sp³-hybridized carbons (Fsp3) is 0.304. The quantitative estimate of drug-likeness (QED) is 0.602. The molecule has 1 unspecified atom stereocenters. The zero-order chi connectivity index (χ0) is 22.0. The molecule has 1 aliphatic rings. The number of hydrogen-bond acceptors (Lipinski definition) is 4. The Morgan fingerprint density at radius 1 is 1.16 bits per heavy atom. The Bertz CT molecular complexity index is 1020. The average molecular weight is 429 g/mol. The normalized spacial score (nSPS) is 18.5. The fourth-order valence-corrected chi connectivity index (χ4v) is 3.63. The molecule has 1 fully saturated rings. The molecule has 1 saturated heterocycles. The Kier molecular flexibility index (Phi) is 5.82. The predicted octanol–water partition coefficient (Wildman–Crippen LogP) is 4.60. The third kappa shape index (κ3) is 4.80. The molecule has 3 aromatic rings. The first-order valence-electron chi connectivity index (χ1n) is 10.1. The van der Waals surface area contributed by atoms with Gasteiger partial charge in [0.2, 0.25) is 0 Å². The number of piperidine rings is 1. The highest BCUT2D eigenvalue weighted by Crippen LogP contribution is 2.40. The number of anilines is 1. The van der Waals surface area contributed by atoms with Crippen LogP contribution in [0.3, 0.4) is 0 Å². The lowest BCUT2D eigenvalue weighted by Crippen LogP contribution is -2.48. The van der Waals surface area contributed by atoms with Crippen molar-refractivity contribution in [1.82, 2.24) is 9.99 Å². The number of benzene rings is 1. The van der Waals surface area contributed by atoms with Gasteiger partial charge < -0.3 is 10.2 Å². The number of pyridine rings is 2. The minimum atomic E-state index is -2.78. The van der Waals surface area contributed by atoms with Gasteiger partial charge in [-0.3, -0.25) is 0 Å². The summed E-state index contributed by atoms with van der Waals surface area (Å²) in [6.07, 6.45) is 4.77. The van der Waals surface area contributed by atoms with Crippen LogP contribution in [0.15, 0.2) is 61.1 Å². The maximum absolute atomic E-state index is 14.6. The number of hydrogen-bond donors (Lipinski definition) is 1. The molecule has 1 aliphatic heterocycles. The number of nitrogens with zero attached hydrogens (tertiary/aromatic N) is 3. The summed E-state index contributed by atoms with van der Waals surface area (Å²) in [5.74, 6) is -3.10. The summed E-state index contributed by atoms with van der Waals surface area (Å²) in [5, 5.41) is 1.75. The molecule has 0 saturated carbocycles. The van der Waals surface area contributed by atoms with Crippen LogP contribution in [0.2, 0.25) is 0 Å². The van der Waals surface area contributed by atoms with Gasteiger partial charge in [-0.1, -0.05) is 12.1 Å². The van der Waals surface area contributed by atoms with Crippen molar-refractivity contribution >= 4 is 5.82 Å². The first-order chi connectivity index (χ1) is 14.8. The third-order valence-corrected chi connectivity index (χ3v) is 5.43. The second-order valence-electron chi connectivity index (χ2n) is 7.79. The summed E-state index contributed by atoms with van der Waals surface area (Å²) in [7, 11) is 1.85. The lowest BCUT2D eigenvalue weighted by molar-refractivity contribution is -0.671. The molecule has 3 heterocycles. The zero-order valence-corrected chi connectivity index (χ0v) is 17.4. The Morgan fingerprint density at radius 2 is 1.94 bits per heavy atom. The lowest BCUT2D eigenvalue weighted by Gasteiger charge is -2.38. The predicted molar refractivity (Wildman–Crippen MR) is 111 cm³/mol. The molecular formula is C23H24F3N4O+. The van der Waals surface area contributed by atoms with E-state index in [9.17, 15) is 13.2 Å². The molecule has 0 amide bonds. The molecule has 1 atom stereocenters. The molecule has 162 valence electrons. The van der Waals surface area contributed by atoms with Gasteiger partial charge in [0.25, 0.3) is 5.92 Å². The maximum Gasteiger partial charge on any atom is 0.257 e. The van der Waals surface area contributed by atoms with Crippen molar-refractivity contribution in [3.63, 3.8) is 0 Å². The maximum atomic E-state index is 14.6. The summed E-state index contributed by atoms with van der Waals surface area (Å²) < 4.78 is 50.5. The van der Waals surface area contributed by atoms with Gasteiger partial charge in [-0.25, -0.2) is 27.7 Å². The molecule has 0 bridgehead atoms. The molecular weight excluding hydrogens is 405 g/mol. The van der Waals surface area contributed by atoms with Crippen LogP contribution in [0, 0.1) is 12.7 Å². The molecule has 1 aromatic carbocycles. The van der Waals surface area contributed by atoms with Crippen LogP contribution in [-0.4, -0.2) is 29.0 Å². The number of aryl methyl sites for hydroxylation is 2. The molecule has 0 spiro atoms. The molecule has 4 rings (SSSR count). The molecule has 0 radical (unpaired) electrons. The molecule has 31 heavy (non-hydrogen) atoms. The number of alkyl halides is 2. The summed E-state index contributed by atoms with van der Waals surface area (Å²) in [6, 6.07) is 11.5. The van der Waals surface area contributed by atoms with E-state index < -0.39 is 17.7 Å². The van der Waals surface area contributed by atoms with E-state index in [4.69, 9.17) is 4.74 Å². The van der Waals surface area contributed by atoms with Crippen molar-refractivity contribution in [2.45, 2.75) is 25.2 Å². The number of nitrogens with one attached hydrogen (secondary N) is 1. The average Bonchev–Trinajstić information content (AvgIpc) is 2.74. The number of ether oxygens (including phenoxy) is 1.